The first-order chi connectivity index (χ1) is 8.04. The van der Waals surface area contributed by atoms with Gasteiger partial charge >= 0.3 is 0 Å². The minimum absolute atomic E-state index is 0.0150. The molecule has 1 nitrogen and oxygen atoms in total. The molecule has 0 radical (unpaired) electrons. The lowest BCUT2D eigenvalue weighted by Gasteiger charge is -2.19. The van der Waals surface area contributed by atoms with E-state index >= 15 is 0 Å². The standard InChI is InChI=1S/C14H19F2N/c1-9-2-3-11(4-9)14(17)7-10-5-12(15)8-13(16)6-10/h5-6,8-9,11,14H,2-4,7,17H2,1H3. The quantitative estimate of drug-likeness (QED) is 0.860. The molecule has 3 heteroatoms. The lowest BCUT2D eigenvalue weighted by Crippen LogP contribution is -2.31. The minimum atomic E-state index is -0.521. The van der Waals surface area contributed by atoms with Crippen LogP contribution in [0, 0.1) is 23.5 Å². The Bertz CT molecular complexity index is 372. The maximum Gasteiger partial charge on any atom is 0.126 e. The first kappa shape index (κ1) is 12.5. The fourth-order valence-electron chi connectivity index (χ4n) is 2.81. The summed E-state index contributed by atoms with van der Waals surface area (Å²) < 4.78 is 26.1. The molecule has 2 rings (SSSR count). The normalized spacial score (nSPS) is 26.1. The van der Waals surface area contributed by atoms with Gasteiger partial charge in [0.1, 0.15) is 11.6 Å². The van der Waals surface area contributed by atoms with Crippen LogP contribution in [-0.4, -0.2) is 6.04 Å². The van der Waals surface area contributed by atoms with Crippen molar-refractivity contribution in [3.8, 4) is 0 Å². The summed E-state index contributed by atoms with van der Waals surface area (Å²) in [5.41, 5.74) is 6.79. The minimum Gasteiger partial charge on any atom is -0.327 e. The van der Waals surface area contributed by atoms with Gasteiger partial charge in [-0.05, 0) is 48.8 Å². The molecule has 0 heterocycles. The summed E-state index contributed by atoms with van der Waals surface area (Å²) in [5, 5.41) is 0. The third kappa shape index (κ3) is 3.25. The topological polar surface area (TPSA) is 26.0 Å². The van der Waals surface area contributed by atoms with E-state index in [1.165, 1.54) is 18.6 Å². The van der Waals surface area contributed by atoms with Crippen LogP contribution in [0.4, 0.5) is 8.78 Å². The highest BCUT2D eigenvalue weighted by molar-refractivity contribution is 5.19. The highest BCUT2D eigenvalue weighted by atomic mass is 19.1. The Kier molecular flexibility index (Phi) is 3.77. The molecule has 0 spiro atoms. The molecule has 0 amide bonds. The van der Waals surface area contributed by atoms with Gasteiger partial charge in [-0.25, -0.2) is 8.78 Å². The Morgan fingerprint density at radius 1 is 1.24 bits per heavy atom. The molecule has 1 aromatic carbocycles. The largest absolute Gasteiger partial charge is 0.327 e. The molecule has 1 saturated carbocycles. The first-order valence-electron chi connectivity index (χ1n) is 6.25. The molecule has 2 N–H and O–H groups in total. The lowest BCUT2D eigenvalue weighted by atomic mass is 9.92. The van der Waals surface area contributed by atoms with Crippen molar-refractivity contribution in [2.45, 2.75) is 38.6 Å². The van der Waals surface area contributed by atoms with E-state index in [1.54, 1.807) is 0 Å². The zero-order valence-electron chi connectivity index (χ0n) is 10.1. The Hall–Kier alpha value is -0.960. The Labute approximate surface area is 101 Å². The summed E-state index contributed by atoms with van der Waals surface area (Å²) in [6.07, 6.45) is 4.06. The average molecular weight is 239 g/mol. The highest BCUT2D eigenvalue weighted by Gasteiger charge is 2.26. The monoisotopic (exact) mass is 239 g/mol. The van der Waals surface area contributed by atoms with Crippen LogP contribution in [0.2, 0.25) is 0 Å². The maximum atomic E-state index is 13.0. The van der Waals surface area contributed by atoms with Gasteiger partial charge in [0, 0.05) is 12.1 Å². The summed E-state index contributed by atoms with van der Waals surface area (Å²) in [6, 6.07) is 3.66. The van der Waals surface area contributed by atoms with Crippen molar-refractivity contribution in [1.29, 1.82) is 0 Å². The van der Waals surface area contributed by atoms with Crippen molar-refractivity contribution in [2.75, 3.05) is 0 Å². The van der Waals surface area contributed by atoms with Crippen LogP contribution >= 0.6 is 0 Å². The SMILES string of the molecule is CC1CCC(C(N)Cc2cc(F)cc(F)c2)C1. The van der Waals surface area contributed by atoms with Crippen LogP contribution in [0.25, 0.3) is 0 Å². The van der Waals surface area contributed by atoms with Gasteiger partial charge in [-0.2, -0.15) is 0 Å². The molecule has 1 aliphatic rings. The van der Waals surface area contributed by atoms with Crippen molar-refractivity contribution in [2.24, 2.45) is 17.6 Å². The summed E-state index contributed by atoms with van der Waals surface area (Å²) in [7, 11) is 0. The molecule has 0 saturated heterocycles. The van der Waals surface area contributed by atoms with Crippen molar-refractivity contribution in [3.63, 3.8) is 0 Å². The van der Waals surface area contributed by atoms with Gasteiger partial charge in [-0.15, -0.1) is 0 Å². The van der Waals surface area contributed by atoms with E-state index < -0.39 is 11.6 Å². The van der Waals surface area contributed by atoms with Crippen LogP contribution in [0.5, 0.6) is 0 Å². The van der Waals surface area contributed by atoms with Crippen LogP contribution in [0.15, 0.2) is 18.2 Å². The second-order valence-electron chi connectivity index (χ2n) is 5.32. The van der Waals surface area contributed by atoms with E-state index in [9.17, 15) is 8.78 Å². The third-order valence-electron chi connectivity index (χ3n) is 3.73. The summed E-state index contributed by atoms with van der Waals surface area (Å²) in [6.45, 7) is 2.23. The fraction of sp³-hybridized carbons (Fsp3) is 0.571. The molecular formula is C14H19F2N. The second kappa shape index (κ2) is 5.13. The molecule has 17 heavy (non-hydrogen) atoms. The van der Waals surface area contributed by atoms with E-state index in [0.717, 1.165) is 24.8 Å². The van der Waals surface area contributed by atoms with Crippen molar-refractivity contribution in [1.82, 2.24) is 0 Å². The molecule has 94 valence electrons. The van der Waals surface area contributed by atoms with Gasteiger partial charge in [0.05, 0.1) is 0 Å². The van der Waals surface area contributed by atoms with Crippen LogP contribution in [0.1, 0.15) is 31.7 Å². The molecule has 0 aliphatic heterocycles. The molecule has 3 atom stereocenters. The van der Waals surface area contributed by atoms with E-state index in [0.29, 0.717) is 17.9 Å². The molecule has 3 unspecified atom stereocenters. The molecular weight excluding hydrogens is 220 g/mol. The maximum absolute atomic E-state index is 13.0. The van der Waals surface area contributed by atoms with Gasteiger partial charge in [0.15, 0.2) is 0 Å². The zero-order valence-corrected chi connectivity index (χ0v) is 10.1. The summed E-state index contributed by atoms with van der Waals surface area (Å²) in [5.74, 6) is 0.186. The second-order valence-corrected chi connectivity index (χ2v) is 5.32. The number of hydrogen-bond acceptors (Lipinski definition) is 1. The first-order valence-corrected chi connectivity index (χ1v) is 6.25. The van der Waals surface area contributed by atoms with Crippen molar-refractivity contribution >= 4 is 0 Å². The number of hydrogen-bond donors (Lipinski definition) is 1. The van der Waals surface area contributed by atoms with Gasteiger partial charge in [0.2, 0.25) is 0 Å². The van der Waals surface area contributed by atoms with E-state index in [4.69, 9.17) is 5.73 Å². The molecule has 1 aromatic rings. The van der Waals surface area contributed by atoms with E-state index in [2.05, 4.69) is 6.92 Å². The van der Waals surface area contributed by atoms with Crippen molar-refractivity contribution < 1.29 is 8.78 Å². The molecule has 0 bridgehead atoms. The fourth-order valence-corrected chi connectivity index (χ4v) is 2.81. The Morgan fingerprint density at radius 3 is 2.41 bits per heavy atom. The highest BCUT2D eigenvalue weighted by Crippen LogP contribution is 2.32. The average Bonchev–Trinajstić information content (AvgIpc) is 2.63. The number of halogens is 2. The molecule has 1 fully saturated rings. The van der Waals surface area contributed by atoms with Gasteiger partial charge in [0.25, 0.3) is 0 Å². The molecule has 0 aromatic heterocycles. The Morgan fingerprint density at radius 2 is 1.88 bits per heavy atom. The predicted octanol–water partition coefficient (Wildman–Crippen LogP) is 3.27. The summed E-state index contributed by atoms with van der Waals surface area (Å²) in [4.78, 5) is 0. The van der Waals surface area contributed by atoms with Gasteiger partial charge < -0.3 is 5.73 Å². The van der Waals surface area contributed by atoms with E-state index in [1.807, 2.05) is 0 Å². The van der Waals surface area contributed by atoms with E-state index in [-0.39, 0.29) is 6.04 Å². The van der Waals surface area contributed by atoms with Crippen LogP contribution < -0.4 is 5.73 Å². The smallest absolute Gasteiger partial charge is 0.126 e. The zero-order chi connectivity index (χ0) is 12.4. The number of nitrogens with two attached hydrogens (primary N) is 1. The lowest BCUT2D eigenvalue weighted by molar-refractivity contribution is 0.414. The summed E-state index contributed by atoms with van der Waals surface area (Å²) >= 11 is 0. The number of benzene rings is 1. The van der Waals surface area contributed by atoms with Gasteiger partial charge in [-0.3, -0.25) is 0 Å². The third-order valence-corrected chi connectivity index (χ3v) is 3.73. The Balaban J connectivity index is 2.00. The van der Waals surface area contributed by atoms with Crippen LogP contribution in [0.3, 0.4) is 0 Å². The number of rotatable bonds is 3. The van der Waals surface area contributed by atoms with Gasteiger partial charge in [-0.1, -0.05) is 13.3 Å². The van der Waals surface area contributed by atoms with Crippen LogP contribution in [-0.2, 0) is 6.42 Å². The predicted molar refractivity (Wildman–Crippen MR) is 64.5 cm³/mol. The van der Waals surface area contributed by atoms with Crippen molar-refractivity contribution in [3.05, 3.63) is 35.4 Å². The molecule has 1 aliphatic carbocycles.